The van der Waals surface area contributed by atoms with Crippen molar-refractivity contribution in [2.45, 2.75) is 81.8 Å². The molecule has 2 N–H and O–H groups in total. The first-order valence-corrected chi connectivity index (χ1v) is 10.2. The third-order valence-electron chi connectivity index (χ3n) is 7.13. The number of nitrogens with zero attached hydrogens (tertiary/aromatic N) is 1. The second-order valence-corrected chi connectivity index (χ2v) is 9.63. The SMILES string of the molecule is CN(C)[C@@H]1CCCC[C@H]1NC(=S)NC12CC3CC(CC(C3)C1)C2. The van der Waals surface area contributed by atoms with E-state index < -0.39 is 0 Å². The first kappa shape index (κ1) is 16.1. The summed E-state index contributed by atoms with van der Waals surface area (Å²) in [6.07, 6.45) is 13.8. The molecule has 5 rings (SSSR count). The molecule has 0 aromatic heterocycles. The normalized spacial score (nSPS) is 45.3. The standard InChI is InChI=1S/C19H33N3S/c1-22(2)17-6-4-3-5-16(17)20-18(23)21-19-10-13-7-14(11-19)9-15(8-13)12-19/h13-17H,3-12H2,1-2H3,(H2,20,21,23)/t13?,14?,15?,16-,17-,19?/m1/s1. The zero-order valence-corrected chi connectivity index (χ0v) is 15.6. The molecule has 0 heterocycles. The van der Waals surface area contributed by atoms with E-state index in [1.54, 1.807) is 0 Å². The Morgan fingerprint density at radius 1 is 0.957 bits per heavy atom. The lowest BCUT2D eigenvalue weighted by Gasteiger charge is -2.57. The van der Waals surface area contributed by atoms with Crippen molar-refractivity contribution in [1.82, 2.24) is 15.5 Å². The van der Waals surface area contributed by atoms with Crippen molar-refractivity contribution in [1.29, 1.82) is 0 Å². The Balaban J connectivity index is 1.38. The smallest absolute Gasteiger partial charge is 0.166 e. The number of hydrogen-bond donors (Lipinski definition) is 2. The average Bonchev–Trinajstić information content (AvgIpc) is 2.45. The monoisotopic (exact) mass is 335 g/mol. The fourth-order valence-corrected chi connectivity index (χ4v) is 6.97. The Morgan fingerprint density at radius 3 is 2.09 bits per heavy atom. The zero-order chi connectivity index (χ0) is 16.0. The van der Waals surface area contributed by atoms with Gasteiger partial charge >= 0.3 is 0 Å². The minimum absolute atomic E-state index is 0.334. The van der Waals surface area contributed by atoms with E-state index in [1.165, 1.54) is 64.2 Å². The molecule has 5 saturated carbocycles. The van der Waals surface area contributed by atoms with Gasteiger partial charge in [0.05, 0.1) is 0 Å². The lowest BCUT2D eigenvalue weighted by atomic mass is 9.53. The highest BCUT2D eigenvalue weighted by molar-refractivity contribution is 7.80. The summed E-state index contributed by atoms with van der Waals surface area (Å²) >= 11 is 5.77. The molecule has 0 aromatic carbocycles. The Morgan fingerprint density at radius 2 is 1.52 bits per heavy atom. The van der Waals surface area contributed by atoms with Gasteiger partial charge in [-0.3, -0.25) is 0 Å². The summed E-state index contributed by atoms with van der Waals surface area (Å²) in [6.45, 7) is 0. The van der Waals surface area contributed by atoms with Crippen LogP contribution in [0.3, 0.4) is 0 Å². The third kappa shape index (κ3) is 3.26. The van der Waals surface area contributed by atoms with Gasteiger partial charge in [-0.15, -0.1) is 0 Å². The largest absolute Gasteiger partial charge is 0.358 e. The fourth-order valence-electron chi connectivity index (χ4n) is 6.61. The predicted molar refractivity (Wildman–Crippen MR) is 99.5 cm³/mol. The first-order chi connectivity index (χ1) is 11.0. The molecule has 5 aliphatic rings. The molecule has 2 atom stereocenters. The fraction of sp³-hybridized carbons (Fsp3) is 0.947. The van der Waals surface area contributed by atoms with Crippen molar-refractivity contribution in [3.8, 4) is 0 Å². The van der Waals surface area contributed by atoms with E-state index in [1.807, 2.05) is 0 Å². The van der Waals surface area contributed by atoms with Gasteiger partial charge in [-0.1, -0.05) is 12.8 Å². The Labute approximate surface area is 147 Å². The average molecular weight is 336 g/mol. The van der Waals surface area contributed by atoms with Crippen LogP contribution in [0.4, 0.5) is 0 Å². The Hall–Kier alpha value is -0.350. The molecule has 23 heavy (non-hydrogen) atoms. The maximum Gasteiger partial charge on any atom is 0.166 e. The summed E-state index contributed by atoms with van der Waals surface area (Å²) in [5, 5.41) is 8.47. The summed E-state index contributed by atoms with van der Waals surface area (Å²) in [5.74, 6) is 2.92. The van der Waals surface area contributed by atoms with Crippen LogP contribution >= 0.6 is 12.2 Å². The topological polar surface area (TPSA) is 27.3 Å². The van der Waals surface area contributed by atoms with Crippen molar-refractivity contribution in [3.63, 3.8) is 0 Å². The number of hydrogen-bond acceptors (Lipinski definition) is 2. The number of thiocarbonyl (C=S) groups is 1. The molecule has 5 fully saturated rings. The van der Waals surface area contributed by atoms with Gasteiger partial charge in [-0.25, -0.2) is 0 Å². The van der Waals surface area contributed by atoms with Crippen LogP contribution < -0.4 is 10.6 Å². The molecule has 0 spiro atoms. The molecule has 0 radical (unpaired) electrons. The lowest BCUT2D eigenvalue weighted by molar-refractivity contribution is -0.0103. The van der Waals surface area contributed by atoms with Crippen LogP contribution in [-0.4, -0.2) is 41.7 Å². The summed E-state index contributed by atoms with van der Waals surface area (Å²) in [4.78, 5) is 2.38. The number of likely N-dealkylation sites (N-methyl/N-ethyl adjacent to an activating group) is 1. The maximum absolute atomic E-state index is 5.77. The first-order valence-electron chi connectivity index (χ1n) is 9.78. The van der Waals surface area contributed by atoms with Crippen LogP contribution in [-0.2, 0) is 0 Å². The van der Waals surface area contributed by atoms with E-state index >= 15 is 0 Å². The second kappa shape index (κ2) is 6.18. The highest BCUT2D eigenvalue weighted by atomic mass is 32.1. The quantitative estimate of drug-likeness (QED) is 0.774. The highest BCUT2D eigenvalue weighted by Gasteiger charge is 2.51. The van der Waals surface area contributed by atoms with E-state index in [0.29, 0.717) is 17.6 Å². The van der Waals surface area contributed by atoms with Gasteiger partial charge in [0.25, 0.3) is 0 Å². The predicted octanol–water partition coefficient (Wildman–Crippen LogP) is 3.29. The van der Waals surface area contributed by atoms with Crippen LogP contribution in [0, 0.1) is 17.8 Å². The van der Waals surface area contributed by atoms with Crippen molar-refractivity contribution in [2.75, 3.05) is 14.1 Å². The van der Waals surface area contributed by atoms with Crippen molar-refractivity contribution < 1.29 is 0 Å². The van der Waals surface area contributed by atoms with Gasteiger partial charge in [-0.2, -0.15) is 0 Å². The van der Waals surface area contributed by atoms with Gasteiger partial charge in [0.15, 0.2) is 5.11 Å². The van der Waals surface area contributed by atoms with Crippen molar-refractivity contribution in [3.05, 3.63) is 0 Å². The van der Waals surface area contributed by atoms with Crippen LogP contribution in [0.1, 0.15) is 64.2 Å². The van der Waals surface area contributed by atoms with Crippen LogP contribution in [0.5, 0.6) is 0 Å². The molecule has 4 heteroatoms. The molecule has 3 nitrogen and oxygen atoms in total. The van der Waals surface area contributed by atoms with Gasteiger partial charge in [0.2, 0.25) is 0 Å². The highest BCUT2D eigenvalue weighted by Crippen LogP contribution is 2.55. The van der Waals surface area contributed by atoms with Crippen LogP contribution in [0.25, 0.3) is 0 Å². The number of rotatable bonds is 3. The van der Waals surface area contributed by atoms with Crippen LogP contribution in [0.15, 0.2) is 0 Å². The van der Waals surface area contributed by atoms with E-state index in [2.05, 4.69) is 29.6 Å². The van der Waals surface area contributed by atoms with E-state index in [4.69, 9.17) is 12.2 Å². The molecule has 0 saturated heterocycles. The van der Waals surface area contributed by atoms with E-state index in [-0.39, 0.29) is 0 Å². The minimum atomic E-state index is 0.334. The number of nitrogens with one attached hydrogen (secondary N) is 2. The maximum atomic E-state index is 5.77. The summed E-state index contributed by atoms with van der Waals surface area (Å²) < 4.78 is 0. The minimum Gasteiger partial charge on any atom is -0.358 e. The summed E-state index contributed by atoms with van der Waals surface area (Å²) in [6, 6.07) is 1.15. The van der Waals surface area contributed by atoms with Crippen molar-refractivity contribution >= 4 is 17.3 Å². The molecule has 5 aliphatic carbocycles. The van der Waals surface area contributed by atoms with Gasteiger partial charge in [-0.05, 0) is 95.4 Å². The lowest BCUT2D eigenvalue weighted by Crippen LogP contribution is -2.63. The van der Waals surface area contributed by atoms with Gasteiger partial charge in [0, 0.05) is 17.6 Å². The molecule has 4 bridgehead atoms. The third-order valence-corrected chi connectivity index (χ3v) is 7.35. The van der Waals surface area contributed by atoms with E-state index in [9.17, 15) is 0 Å². The molecule has 0 aliphatic heterocycles. The zero-order valence-electron chi connectivity index (χ0n) is 14.8. The Bertz CT molecular complexity index is 426. The summed E-state index contributed by atoms with van der Waals surface area (Å²) in [5.41, 5.74) is 0.334. The van der Waals surface area contributed by atoms with Crippen molar-refractivity contribution in [2.24, 2.45) is 17.8 Å². The molecular weight excluding hydrogens is 302 g/mol. The Kier molecular flexibility index (Phi) is 4.34. The molecule has 0 amide bonds. The second-order valence-electron chi connectivity index (χ2n) is 9.22. The molecule has 0 unspecified atom stereocenters. The molecule has 130 valence electrons. The van der Waals surface area contributed by atoms with E-state index in [0.717, 1.165) is 22.9 Å². The van der Waals surface area contributed by atoms with Crippen LogP contribution in [0.2, 0.25) is 0 Å². The summed E-state index contributed by atoms with van der Waals surface area (Å²) in [7, 11) is 4.42. The molecule has 0 aromatic rings. The van der Waals surface area contributed by atoms with Gasteiger partial charge in [0.1, 0.15) is 0 Å². The molecular formula is C19H33N3S. The van der Waals surface area contributed by atoms with Gasteiger partial charge < -0.3 is 15.5 Å².